The van der Waals surface area contributed by atoms with Crippen molar-refractivity contribution >= 4 is 16.8 Å². The van der Waals surface area contributed by atoms with Crippen LogP contribution in [0.2, 0.25) is 0 Å². The van der Waals surface area contributed by atoms with E-state index >= 15 is 0 Å². The molecule has 0 bridgehead atoms. The van der Waals surface area contributed by atoms with Crippen LogP contribution in [0.5, 0.6) is 0 Å². The molecule has 2 rings (SSSR count). The van der Waals surface area contributed by atoms with Crippen LogP contribution >= 0.6 is 11.8 Å². The summed E-state index contributed by atoms with van der Waals surface area (Å²) in [5.74, 6) is 1.09. The molecule has 1 aromatic rings. The standard InChI is InChI=1S/C10H12N2S/c1-7-4-3-5-9(11-7)10-12-8(2)6-13-10/h3-5,8H,6H2,1-2H3. The Balaban J connectivity index is 2.31. The predicted octanol–water partition coefficient (Wildman–Crippen LogP) is 2.27. The fraction of sp³-hybridized carbons (Fsp3) is 0.400. The van der Waals surface area contributed by atoms with Crippen LogP contribution in [0.1, 0.15) is 18.3 Å². The molecule has 2 nitrogen and oxygen atoms in total. The van der Waals surface area contributed by atoms with E-state index in [1.54, 1.807) is 11.8 Å². The van der Waals surface area contributed by atoms with Crippen molar-refractivity contribution in [2.24, 2.45) is 4.99 Å². The minimum absolute atomic E-state index is 0.447. The van der Waals surface area contributed by atoms with Crippen LogP contribution in [-0.4, -0.2) is 21.8 Å². The molecule has 13 heavy (non-hydrogen) atoms. The number of aromatic nitrogens is 1. The van der Waals surface area contributed by atoms with Gasteiger partial charge in [-0.15, -0.1) is 11.8 Å². The van der Waals surface area contributed by atoms with Gasteiger partial charge in [-0.25, -0.2) is 0 Å². The maximum atomic E-state index is 4.52. The van der Waals surface area contributed by atoms with Gasteiger partial charge in [0, 0.05) is 11.4 Å². The molecular weight excluding hydrogens is 180 g/mol. The highest BCUT2D eigenvalue weighted by Crippen LogP contribution is 2.21. The molecule has 0 aliphatic carbocycles. The van der Waals surface area contributed by atoms with Crippen molar-refractivity contribution in [1.82, 2.24) is 4.98 Å². The summed E-state index contributed by atoms with van der Waals surface area (Å²) in [6.45, 7) is 4.14. The predicted molar refractivity (Wildman–Crippen MR) is 57.4 cm³/mol. The van der Waals surface area contributed by atoms with Crippen LogP contribution in [0.4, 0.5) is 0 Å². The van der Waals surface area contributed by atoms with Crippen molar-refractivity contribution in [3.63, 3.8) is 0 Å². The van der Waals surface area contributed by atoms with Crippen LogP contribution in [0.3, 0.4) is 0 Å². The van der Waals surface area contributed by atoms with Crippen molar-refractivity contribution in [3.05, 3.63) is 29.6 Å². The first-order valence-electron chi connectivity index (χ1n) is 4.40. The molecule has 3 heteroatoms. The molecule has 1 unspecified atom stereocenters. The summed E-state index contributed by atoms with van der Waals surface area (Å²) in [5, 5.41) is 1.09. The molecule has 1 aliphatic rings. The van der Waals surface area contributed by atoms with Gasteiger partial charge in [0.1, 0.15) is 5.04 Å². The van der Waals surface area contributed by atoms with Gasteiger partial charge in [-0.1, -0.05) is 6.07 Å². The summed E-state index contributed by atoms with van der Waals surface area (Å²) in [4.78, 5) is 8.95. The van der Waals surface area contributed by atoms with E-state index in [0.717, 1.165) is 22.2 Å². The monoisotopic (exact) mass is 192 g/mol. The van der Waals surface area contributed by atoms with Crippen LogP contribution in [0, 0.1) is 6.92 Å². The quantitative estimate of drug-likeness (QED) is 0.682. The molecule has 0 N–H and O–H groups in total. The first-order valence-corrected chi connectivity index (χ1v) is 5.39. The largest absolute Gasteiger partial charge is 0.272 e. The highest BCUT2D eigenvalue weighted by molar-refractivity contribution is 8.14. The van der Waals surface area contributed by atoms with Gasteiger partial charge in [0.15, 0.2) is 0 Å². The number of pyridine rings is 1. The summed E-state index contributed by atoms with van der Waals surface area (Å²) in [6.07, 6.45) is 0. The SMILES string of the molecule is Cc1cccc(C2=NC(C)CS2)n1. The molecule has 2 heterocycles. The summed E-state index contributed by atoms with van der Waals surface area (Å²) >= 11 is 1.80. The lowest BCUT2D eigenvalue weighted by Crippen LogP contribution is -1.97. The average molecular weight is 192 g/mol. The number of nitrogens with zero attached hydrogens (tertiary/aromatic N) is 2. The van der Waals surface area contributed by atoms with Gasteiger partial charge in [-0.05, 0) is 26.0 Å². The third-order valence-corrected chi connectivity index (χ3v) is 3.14. The van der Waals surface area contributed by atoms with Crippen molar-refractivity contribution in [2.75, 3.05) is 5.75 Å². The van der Waals surface area contributed by atoms with E-state index < -0.39 is 0 Å². The van der Waals surface area contributed by atoms with Crippen molar-refractivity contribution in [1.29, 1.82) is 0 Å². The molecule has 0 fully saturated rings. The molecule has 0 saturated heterocycles. The fourth-order valence-corrected chi connectivity index (χ4v) is 2.27. The Morgan fingerprint density at radius 3 is 2.92 bits per heavy atom. The Hall–Kier alpha value is -0.830. The number of hydrogen-bond acceptors (Lipinski definition) is 3. The summed E-state index contributed by atoms with van der Waals surface area (Å²) < 4.78 is 0. The summed E-state index contributed by atoms with van der Waals surface area (Å²) in [5.41, 5.74) is 2.08. The number of aryl methyl sites for hydroxylation is 1. The zero-order valence-electron chi connectivity index (χ0n) is 7.82. The van der Waals surface area contributed by atoms with E-state index in [1.165, 1.54) is 0 Å². The number of rotatable bonds is 1. The summed E-state index contributed by atoms with van der Waals surface area (Å²) in [7, 11) is 0. The maximum Gasteiger partial charge on any atom is 0.117 e. The lowest BCUT2D eigenvalue weighted by Gasteiger charge is -1.98. The molecule has 1 aromatic heterocycles. The molecule has 0 radical (unpaired) electrons. The van der Waals surface area contributed by atoms with Gasteiger partial charge in [0.2, 0.25) is 0 Å². The second-order valence-corrected chi connectivity index (χ2v) is 4.27. The number of aliphatic imine (C=N–C) groups is 1. The molecular formula is C10H12N2S. The Morgan fingerprint density at radius 2 is 2.31 bits per heavy atom. The van der Waals surface area contributed by atoms with Crippen molar-refractivity contribution < 1.29 is 0 Å². The van der Waals surface area contributed by atoms with E-state index in [-0.39, 0.29) is 0 Å². The number of thioether (sulfide) groups is 1. The van der Waals surface area contributed by atoms with E-state index in [2.05, 4.69) is 16.9 Å². The normalized spacial score (nSPS) is 21.7. The van der Waals surface area contributed by atoms with E-state index in [4.69, 9.17) is 0 Å². The Bertz CT molecular complexity index is 347. The fourth-order valence-electron chi connectivity index (χ4n) is 1.28. The lowest BCUT2D eigenvalue weighted by molar-refractivity contribution is 0.864. The minimum Gasteiger partial charge on any atom is -0.272 e. The third-order valence-electron chi connectivity index (χ3n) is 1.91. The second kappa shape index (κ2) is 3.50. The van der Waals surface area contributed by atoms with Crippen LogP contribution < -0.4 is 0 Å². The van der Waals surface area contributed by atoms with Crippen molar-refractivity contribution in [3.8, 4) is 0 Å². The zero-order chi connectivity index (χ0) is 9.26. The smallest absolute Gasteiger partial charge is 0.117 e. The van der Waals surface area contributed by atoms with Gasteiger partial charge < -0.3 is 0 Å². The highest BCUT2D eigenvalue weighted by Gasteiger charge is 2.15. The molecule has 0 spiro atoms. The minimum atomic E-state index is 0.447. The van der Waals surface area contributed by atoms with Gasteiger partial charge in [-0.3, -0.25) is 9.98 Å². The molecule has 68 valence electrons. The topological polar surface area (TPSA) is 25.2 Å². The third kappa shape index (κ3) is 1.91. The Morgan fingerprint density at radius 1 is 1.46 bits per heavy atom. The van der Waals surface area contributed by atoms with Crippen molar-refractivity contribution in [2.45, 2.75) is 19.9 Å². The Labute approximate surface area is 82.5 Å². The molecule has 1 aliphatic heterocycles. The summed E-state index contributed by atoms with van der Waals surface area (Å²) in [6, 6.07) is 6.51. The highest BCUT2D eigenvalue weighted by atomic mass is 32.2. The van der Waals surface area contributed by atoms with E-state index in [0.29, 0.717) is 6.04 Å². The molecule has 0 amide bonds. The van der Waals surface area contributed by atoms with Crippen LogP contribution in [0.15, 0.2) is 23.2 Å². The van der Waals surface area contributed by atoms with Gasteiger partial charge in [0.25, 0.3) is 0 Å². The average Bonchev–Trinajstić information content (AvgIpc) is 2.52. The van der Waals surface area contributed by atoms with Gasteiger partial charge in [0.05, 0.1) is 11.7 Å². The first-order chi connectivity index (χ1) is 6.25. The second-order valence-electron chi connectivity index (χ2n) is 3.26. The molecule has 0 saturated carbocycles. The van der Waals surface area contributed by atoms with E-state index in [9.17, 15) is 0 Å². The lowest BCUT2D eigenvalue weighted by atomic mass is 10.3. The Kier molecular flexibility index (Phi) is 2.36. The van der Waals surface area contributed by atoms with Gasteiger partial charge >= 0.3 is 0 Å². The van der Waals surface area contributed by atoms with Crippen LogP contribution in [-0.2, 0) is 0 Å². The number of hydrogen-bond donors (Lipinski definition) is 0. The zero-order valence-corrected chi connectivity index (χ0v) is 8.64. The van der Waals surface area contributed by atoms with Crippen LogP contribution in [0.25, 0.3) is 0 Å². The molecule has 0 aromatic carbocycles. The first kappa shape index (κ1) is 8.75. The maximum absolute atomic E-state index is 4.52. The molecule has 1 atom stereocenters. The van der Waals surface area contributed by atoms with E-state index in [1.807, 2.05) is 25.1 Å². The van der Waals surface area contributed by atoms with Gasteiger partial charge in [-0.2, -0.15) is 0 Å².